The lowest BCUT2D eigenvalue weighted by atomic mass is 9.80. The molecule has 0 spiro atoms. The number of hydrogen-bond donors (Lipinski definition) is 1. The van der Waals surface area contributed by atoms with Crippen molar-refractivity contribution in [2.24, 2.45) is 5.92 Å². The van der Waals surface area contributed by atoms with Gasteiger partial charge in [0.05, 0.1) is 10.5 Å². The van der Waals surface area contributed by atoms with Crippen molar-refractivity contribution in [3.05, 3.63) is 24.3 Å². The van der Waals surface area contributed by atoms with Crippen LogP contribution in [0.25, 0.3) is 0 Å². The second-order valence-corrected chi connectivity index (χ2v) is 7.95. The predicted octanol–water partition coefficient (Wildman–Crippen LogP) is 2.41. The van der Waals surface area contributed by atoms with Gasteiger partial charge in [0, 0.05) is 6.26 Å². The van der Waals surface area contributed by atoms with Crippen molar-refractivity contribution in [1.82, 2.24) is 0 Å². The lowest BCUT2D eigenvalue weighted by molar-refractivity contribution is -0.0424. The number of sulfone groups is 1. The van der Waals surface area contributed by atoms with Gasteiger partial charge in [-0.2, -0.15) is 0 Å². The van der Waals surface area contributed by atoms with Gasteiger partial charge in [-0.1, -0.05) is 6.92 Å². The first-order valence-corrected chi connectivity index (χ1v) is 8.83. The molecule has 1 saturated carbocycles. The Bertz CT molecular complexity index is 540. The maximum Gasteiger partial charge on any atom is 0.175 e. The number of hydrogen-bond acceptors (Lipinski definition) is 4. The molecule has 2 rings (SSSR count). The summed E-state index contributed by atoms with van der Waals surface area (Å²) < 4.78 is 28.3. The Balaban J connectivity index is 1.94. The number of aliphatic hydroxyl groups is 1. The standard InChI is InChI=1S/C15H22O4S/c1-12-7-9-15(16,10-8-12)11-19-13-3-5-14(6-4-13)20(2,17)18/h3-6,12,16H,7-11H2,1-2H3. The van der Waals surface area contributed by atoms with Crippen LogP contribution in [-0.2, 0) is 9.84 Å². The molecule has 1 N–H and O–H groups in total. The van der Waals surface area contributed by atoms with Gasteiger partial charge in [0.1, 0.15) is 12.4 Å². The smallest absolute Gasteiger partial charge is 0.175 e. The fraction of sp³-hybridized carbons (Fsp3) is 0.600. The van der Waals surface area contributed by atoms with Gasteiger partial charge in [-0.15, -0.1) is 0 Å². The molecule has 5 heteroatoms. The Labute approximate surface area is 120 Å². The van der Waals surface area contributed by atoms with Crippen molar-refractivity contribution in [2.45, 2.75) is 43.1 Å². The molecule has 1 aromatic rings. The van der Waals surface area contributed by atoms with Crippen molar-refractivity contribution >= 4 is 9.84 Å². The Hall–Kier alpha value is -1.07. The van der Waals surface area contributed by atoms with Gasteiger partial charge >= 0.3 is 0 Å². The zero-order chi connectivity index (χ0) is 14.8. The summed E-state index contributed by atoms with van der Waals surface area (Å²) in [5, 5.41) is 10.4. The van der Waals surface area contributed by atoms with Crippen LogP contribution in [0.15, 0.2) is 29.2 Å². The molecule has 0 aliphatic heterocycles. The molecule has 20 heavy (non-hydrogen) atoms. The van der Waals surface area contributed by atoms with E-state index in [-0.39, 0.29) is 11.5 Å². The summed E-state index contributed by atoms with van der Waals surface area (Å²) in [6, 6.07) is 6.31. The van der Waals surface area contributed by atoms with Crippen LogP contribution in [0, 0.1) is 5.92 Å². The molecule has 0 aromatic heterocycles. The maximum absolute atomic E-state index is 11.4. The van der Waals surface area contributed by atoms with Gasteiger partial charge in [-0.3, -0.25) is 0 Å². The van der Waals surface area contributed by atoms with Gasteiger partial charge in [-0.05, 0) is 55.9 Å². The Morgan fingerprint density at radius 1 is 1.25 bits per heavy atom. The Morgan fingerprint density at radius 2 is 1.80 bits per heavy atom. The van der Waals surface area contributed by atoms with Gasteiger partial charge in [-0.25, -0.2) is 8.42 Å². The largest absolute Gasteiger partial charge is 0.491 e. The molecule has 0 atom stereocenters. The van der Waals surface area contributed by atoms with Crippen LogP contribution >= 0.6 is 0 Å². The minimum Gasteiger partial charge on any atom is -0.491 e. The van der Waals surface area contributed by atoms with Crippen molar-refractivity contribution in [3.63, 3.8) is 0 Å². The lowest BCUT2D eigenvalue weighted by Crippen LogP contribution is -2.39. The molecule has 0 amide bonds. The van der Waals surface area contributed by atoms with Gasteiger partial charge in [0.25, 0.3) is 0 Å². The summed E-state index contributed by atoms with van der Waals surface area (Å²) in [5.74, 6) is 1.26. The first-order chi connectivity index (χ1) is 9.28. The van der Waals surface area contributed by atoms with Crippen LogP contribution in [0.3, 0.4) is 0 Å². The fourth-order valence-corrected chi connectivity index (χ4v) is 3.08. The molecule has 0 bridgehead atoms. The molecule has 1 aliphatic carbocycles. The van der Waals surface area contributed by atoms with Crippen molar-refractivity contribution in [2.75, 3.05) is 12.9 Å². The quantitative estimate of drug-likeness (QED) is 0.927. The highest BCUT2D eigenvalue weighted by molar-refractivity contribution is 7.90. The molecular weight excluding hydrogens is 276 g/mol. The second kappa shape index (κ2) is 5.74. The van der Waals surface area contributed by atoms with Gasteiger partial charge < -0.3 is 9.84 Å². The summed E-state index contributed by atoms with van der Waals surface area (Å²) in [5.41, 5.74) is -0.748. The third-order valence-corrected chi connectivity index (χ3v) is 5.09. The highest BCUT2D eigenvalue weighted by Crippen LogP contribution is 2.32. The van der Waals surface area contributed by atoms with E-state index in [2.05, 4.69) is 6.92 Å². The van der Waals surface area contributed by atoms with Crippen molar-refractivity contribution in [3.8, 4) is 5.75 Å². The third-order valence-electron chi connectivity index (χ3n) is 3.96. The number of ether oxygens (including phenoxy) is 1. The Kier molecular flexibility index (Phi) is 4.39. The molecule has 112 valence electrons. The maximum atomic E-state index is 11.4. The fourth-order valence-electron chi connectivity index (χ4n) is 2.44. The second-order valence-electron chi connectivity index (χ2n) is 5.94. The molecule has 0 radical (unpaired) electrons. The summed E-state index contributed by atoms with van der Waals surface area (Å²) in [7, 11) is -3.18. The average Bonchev–Trinajstić information content (AvgIpc) is 2.40. The van der Waals surface area contributed by atoms with E-state index in [0.29, 0.717) is 11.7 Å². The topological polar surface area (TPSA) is 63.6 Å². The highest BCUT2D eigenvalue weighted by atomic mass is 32.2. The Morgan fingerprint density at radius 3 is 2.30 bits per heavy atom. The SMILES string of the molecule is CC1CCC(O)(COc2ccc(S(C)(=O)=O)cc2)CC1. The summed E-state index contributed by atoms with van der Waals surface area (Å²) in [4.78, 5) is 0.273. The molecule has 1 aliphatic rings. The summed E-state index contributed by atoms with van der Waals surface area (Å²) in [6.07, 6.45) is 4.74. The monoisotopic (exact) mass is 298 g/mol. The zero-order valence-electron chi connectivity index (χ0n) is 12.0. The predicted molar refractivity (Wildman–Crippen MR) is 77.6 cm³/mol. The molecule has 0 heterocycles. The van der Waals surface area contributed by atoms with E-state index in [4.69, 9.17) is 4.74 Å². The average molecular weight is 298 g/mol. The minimum absolute atomic E-state index is 0.262. The van der Waals surface area contributed by atoms with E-state index in [0.717, 1.165) is 25.7 Å². The minimum atomic E-state index is -3.18. The normalized spacial score (nSPS) is 27.2. The van der Waals surface area contributed by atoms with Crippen LogP contribution in [0.5, 0.6) is 5.75 Å². The lowest BCUT2D eigenvalue weighted by Gasteiger charge is -2.34. The first kappa shape index (κ1) is 15.3. The van der Waals surface area contributed by atoms with Crippen LogP contribution < -0.4 is 4.74 Å². The summed E-state index contributed by atoms with van der Waals surface area (Å²) in [6.45, 7) is 2.46. The molecule has 4 nitrogen and oxygen atoms in total. The molecule has 0 unspecified atom stereocenters. The van der Waals surface area contributed by atoms with Gasteiger partial charge in [0.15, 0.2) is 9.84 Å². The van der Waals surface area contributed by atoms with Crippen LogP contribution in [0.4, 0.5) is 0 Å². The van der Waals surface area contributed by atoms with E-state index in [9.17, 15) is 13.5 Å². The summed E-state index contributed by atoms with van der Waals surface area (Å²) >= 11 is 0. The first-order valence-electron chi connectivity index (χ1n) is 6.94. The van der Waals surface area contributed by atoms with Crippen LogP contribution in [0.2, 0.25) is 0 Å². The number of rotatable bonds is 4. The van der Waals surface area contributed by atoms with Crippen molar-refractivity contribution in [1.29, 1.82) is 0 Å². The molecule has 1 aromatic carbocycles. The molecular formula is C15H22O4S. The van der Waals surface area contributed by atoms with E-state index in [1.807, 2.05) is 0 Å². The highest BCUT2D eigenvalue weighted by Gasteiger charge is 2.32. The van der Waals surface area contributed by atoms with Crippen LogP contribution in [-0.4, -0.2) is 32.0 Å². The zero-order valence-corrected chi connectivity index (χ0v) is 12.8. The van der Waals surface area contributed by atoms with Gasteiger partial charge in [0.2, 0.25) is 0 Å². The van der Waals surface area contributed by atoms with Crippen LogP contribution in [0.1, 0.15) is 32.6 Å². The molecule has 0 saturated heterocycles. The number of benzene rings is 1. The third kappa shape index (κ3) is 3.96. The van der Waals surface area contributed by atoms with E-state index in [1.165, 1.54) is 18.4 Å². The molecule has 1 fully saturated rings. The van der Waals surface area contributed by atoms with E-state index >= 15 is 0 Å². The van der Waals surface area contributed by atoms with E-state index in [1.54, 1.807) is 12.1 Å². The van der Waals surface area contributed by atoms with E-state index < -0.39 is 15.4 Å². The van der Waals surface area contributed by atoms with Crippen molar-refractivity contribution < 1.29 is 18.3 Å².